The first kappa shape index (κ1) is 17.3. The molecule has 0 spiro atoms. The summed E-state index contributed by atoms with van der Waals surface area (Å²) in [5.74, 6) is -1.20. The molecule has 1 N–H and O–H groups in total. The number of rotatable bonds is 8. The SMILES string of the molecule is CC(C)(SCC(=O)N(CCC#N)CCC#N)C(=O)O. The summed E-state index contributed by atoms with van der Waals surface area (Å²) in [5.41, 5.74) is 0. The third kappa shape index (κ3) is 6.68. The third-order valence-electron chi connectivity index (χ3n) is 2.41. The summed E-state index contributed by atoms with van der Waals surface area (Å²) in [6.45, 7) is 3.60. The Kier molecular flexibility index (Phi) is 7.62. The Morgan fingerprint density at radius 3 is 2.05 bits per heavy atom. The van der Waals surface area contributed by atoms with Crippen molar-refractivity contribution in [2.45, 2.75) is 31.4 Å². The fraction of sp³-hybridized carbons (Fsp3) is 0.667. The number of carbonyl (C=O) groups excluding carboxylic acids is 1. The van der Waals surface area contributed by atoms with E-state index in [1.54, 1.807) is 0 Å². The van der Waals surface area contributed by atoms with Gasteiger partial charge in [0.05, 0.1) is 30.7 Å². The van der Waals surface area contributed by atoms with Crippen LogP contribution in [0.25, 0.3) is 0 Å². The summed E-state index contributed by atoms with van der Waals surface area (Å²) < 4.78 is -1.04. The van der Waals surface area contributed by atoms with Crippen LogP contribution in [0, 0.1) is 22.7 Å². The maximum Gasteiger partial charge on any atom is 0.319 e. The largest absolute Gasteiger partial charge is 0.480 e. The number of aliphatic carboxylic acids is 1. The molecule has 0 saturated carbocycles. The lowest BCUT2D eigenvalue weighted by atomic mass is 10.2. The highest BCUT2D eigenvalue weighted by Gasteiger charge is 2.29. The van der Waals surface area contributed by atoms with Crippen molar-refractivity contribution in [3.05, 3.63) is 0 Å². The number of nitrogens with zero attached hydrogens (tertiary/aromatic N) is 3. The molecule has 0 fully saturated rings. The molecule has 7 heteroatoms. The van der Waals surface area contributed by atoms with E-state index in [1.165, 1.54) is 18.7 Å². The third-order valence-corrected chi connectivity index (χ3v) is 3.70. The molecule has 0 aromatic carbocycles. The van der Waals surface area contributed by atoms with Crippen LogP contribution in [0.1, 0.15) is 26.7 Å². The summed E-state index contributed by atoms with van der Waals surface area (Å²) in [6, 6.07) is 3.88. The van der Waals surface area contributed by atoms with E-state index in [9.17, 15) is 9.59 Å². The minimum atomic E-state index is -1.04. The van der Waals surface area contributed by atoms with Gasteiger partial charge in [-0.15, -0.1) is 11.8 Å². The van der Waals surface area contributed by atoms with E-state index in [2.05, 4.69) is 0 Å². The molecule has 0 bridgehead atoms. The minimum absolute atomic E-state index is 0.0240. The van der Waals surface area contributed by atoms with E-state index < -0.39 is 10.7 Å². The number of carboxylic acids is 1. The van der Waals surface area contributed by atoms with E-state index in [0.29, 0.717) is 0 Å². The van der Waals surface area contributed by atoms with Gasteiger partial charge >= 0.3 is 5.97 Å². The topological polar surface area (TPSA) is 105 Å². The Labute approximate surface area is 117 Å². The second kappa shape index (κ2) is 8.39. The average Bonchev–Trinajstić information content (AvgIpc) is 2.36. The van der Waals surface area contributed by atoms with Gasteiger partial charge in [0, 0.05) is 13.1 Å². The zero-order valence-corrected chi connectivity index (χ0v) is 11.9. The number of hydrogen-bond acceptors (Lipinski definition) is 5. The van der Waals surface area contributed by atoms with Crippen molar-refractivity contribution < 1.29 is 14.7 Å². The van der Waals surface area contributed by atoms with Crippen LogP contribution in [0.3, 0.4) is 0 Å². The van der Waals surface area contributed by atoms with Gasteiger partial charge in [0.25, 0.3) is 0 Å². The molecule has 0 saturated heterocycles. The number of hydrogen-bond donors (Lipinski definition) is 1. The van der Waals surface area contributed by atoms with Gasteiger partial charge in [-0.25, -0.2) is 0 Å². The van der Waals surface area contributed by atoms with Crippen LogP contribution in [-0.4, -0.2) is 45.5 Å². The molecule has 0 aromatic heterocycles. The molecule has 0 rings (SSSR count). The van der Waals surface area contributed by atoms with E-state index in [-0.39, 0.29) is 37.6 Å². The van der Waals surface area contributed by atoms with Gasteiger partial charge in [-0.3, -0.25) is 9.59 Å². The highest BCUT2D eigenvalue weighted by Crippen LogP contribution is 2.24. The second-order valence-corrected chi connectivity index (χ2v) is 5.90. The van der Waals surface area contributed by atoms with Crippen LogP contribution in [0.5, 0.6) is 0 Å². The average molecular weight is 283 g/mol. The van der Waals surface area contributed by atoms with Gasteiger partial charge in [-0.1, -0.05) is 0 Å². The van der Waals surface area contributed by atoms with Crippen LogP contribution >= 0.6 is 11.8 Å². The minimum Gasteiger partial charge on any atom is -0.480 e. The Hall–Kier alpha value is -1.73. The standard InChI is InChI=1S/C12H17N3O3S/c1-12(2,11(17)18)19-9-10(16)15(7-3-5-13)8-4-6-14/h3-4,7-9H2,1-2H3,(H,17,18). The zero-order chi connectivity index (χ0) is 14.9. The smallest absolute Gasteiger partial charge is 0.319 e. The van der Waals surface area contributed by atoms with Crippen molar-refractivity contribution in [2.75, 3.05) is 18.8 Å². The fourth-order valence-corrected chi connectivity index (χ4v) is 1.92. The molecule has 0 aromatic rings. The second-order valence-electron chi connectivity index (χ2n) is 4.30. The quantitative estimate of drug-likeness (QED) is 0.718. The highest BCUT2D eigenvalue weighted by atomic mass is 32.2. The molecule has 0 heterocycles. The van der Waals surface area contributed by atoms with E-state index in [0.717, 1.165) is 11.8 Å². The molecule has 0 aliphatic rings. The molecule has 104 valence electrons. The molecule has 19 heavy (non-hydrogen) atoms. The first-order valence-electron chi connectivity index (χ1n) is 5.74. The van der Waals surface area contributed by atoms with Crippen molar-refractivity contribution in [2.24, 2.45) is 0 Å². The Morgan fingerprint density at radius 1 is 1.21 bits per heavy atom. The Balaban J connectivity index is 4.44. The molecule has 0 aliphatic carbocycles. The molecule has 6 nitrogen and oxygen atoms in total. The number of nitriles is 2. The maximum absolute atomic E-state index is 11.9. The predicted octanol–water partition coefficient (Wildman–Crippen LogP) is 1.24. The highest BCUT2D eigenvalue weighted by molar-refractivity contribution is 8.01. The number of amides is 1. The van der Waals surface area contributed by atoms with Gasteiger partial charge in [0.1, 0.15) is 4.75 Å². The first-order chi connectivity index (χ1) is 8.85. The maximum atomic E-state index is 11.9. The number of carbonyl (C=O) groups is 2. The summed E-state index contributed by atoms with van der Waals surface area (Å²) in [4.78, 5) is 24.3. The predicted molar refractivity (Wildman–Crippen MR) is 71.2 cm³/mol. The van der Waals surface area contributed by atoms with Gasteiger partial charge in [0.2, 0.25) is 5.91 Å². The molecule has 0 radical (unpaired) electrons. The molecular weight excluding hydrogens is 266 g/mol. The van der Waals surface area contributed by atoms with Gasteiger partial charge in [0.15, 0.2) is 0 Å². The normalized spacial score (nSPS) is 10.3. The summed E-state index contributed by atoms with van der Waals surface area (Å²) >= 11 is 1.03. The van der Waals surface area contributed by atoms with Crippen molar-refractivity contribution in [1.82, 2.24) is 4.90 Å². The lowest BCUT2D eigenvalue weighted by molar-refractivity contribution is -0.138. The van der Waals surface area contributed by atoms with Gasteiger partial charge in [-0.2, -0.15) is 10.5 Å². The van der Waals surface area contributed by atoms with Crippen LogP contribution < -0.4 is 0 Å². The van der Waals surface area contributed by atoms with E-state index in [1.807, 2.05) is 12.1 Å². The van der Waals surface area contributed by atoms with Crippen molar-refractivity contribution >= 4 is 23.6 Å². The molecule has 0 atom stereocenters. The molecule has 1 amide bonds. The van der Waals surface area contributed by atoms with Gasteiger partial charge in [-0.05, 0) is 13.8 Å². The molecule has 0 aliphatic heterocycles. The summed E-state index contributed by atoms with van der Waals surface area (Å²) in [5, 5.41) is 26.0. The number of thioether (sulfide) groups is 1. The van der Waals surface area contributed by atoms with E-state index in [4.69, 9.17) is 15.6 Å². The van der Waals surface area contributed by atoms with Crippen molar-refractivity contribution in [3.8, 4) is 12.1 Å². The van der Waals surface area contributed by atoms with Crippen molar-refractivity contribution in [1.29, 1.82) is 10.5 Å². The molecule has 0 unspecified atom stereocenters. The van der Waals surface area contributed by atoms with E-state index >= 15 is 0 Å². The number of carboxylic acid groups (broad SMARTS) is 1. The lowest BCUT2D eigenvalue weighted by Crippen LogP contribution is -2.36. The van der Waals surface area contributed by atoms with Crippen LogP contribution in [0.2, 0.25) is 0 Å². The van der Waals surface area contributed by atoms with Crippen molar-refractivity contribution in [3.63, 3.8) is 0 Å². The zero-order valence-electron chi connectivity index (χ0n) is 11.0. The first-order valence-corrected chi connectivity index (χ1v) is 6.72. The Morgan fingerprint density at radius 2 is 1.68 bits per heavy atom. The van der Waals surface area contributed by atoms with Crippen LogP contribution in [0.15, 0.2) is 0 Å². The summed E-state index contributed by atoms with van der Waals surface area (Å²) in [7, 11) is 0. The Bertz CT molecular complexity index is 391. The molecular formula is C12H17N3O3S. The summed E-state index contributed by atoms with van der Waals surface area (Å²) in [6.07, 6.45) is 0.397. The van der Waals surface area contributed by atoms with Crippen LogP contribution in [0.4, 0.5) is 0 Å². The fourth-order valence-electron chi connectivity index (χ4n) is 1.13. The monoisotopic (exact) mass is 283 g/mol. The van der Waals surface area contributed by atoms with Crippen LogP contribution in [-0.2, 0) is 9.59 Å². The lowest BCUT2D eigenvalue weighted by Gasteiger charge is -2.23. The van der Waals surface area contributed by atoms with Gasteiger partial charge < -0.3 is 10.0 Å².